The quantitative estimate of drug-likeness (QED) is 0.574. The van der Waals surface area contributed by atoms with Gasteiger partial charge in [0, 0.05) is 11.9 Å². The molecule has 11 heteroatoms. The van der Waals surface area contributed by atoms with Crippen molar-refractivity contribution in [2.45, 2.75) is 63.3 Å². The lowest BCUT2D eigenvalue weighted by Gasteiger charge is -2.19. The van der Waals surface area contributed by atoms with Crippen LogP contribution in [0.25, 0.3) is 0 Å². The molecule has 0 aliphatic rings. The molecule has 4 N–H and O–H groups in total. The van der Waals surface area contributed by atoms with Gasteiger partial charge in [0.05, 0.1) is 10.5 Å². The van der Waals surface area contributed by atoms with E-state index in [0.717, 1.165) is 11.3 Å². The average Bonchev–Trinajstić information content (AvgIpc) is 3.06. The van der Waals surface area contributed by atoms with Gasteiger partial charge in [-0.3, -0.25) is 0 Å². The van der Waals surface area contributed by atoms with Crippen LogP contribution >= 0.6 is 24.8 Å². The minimum absolute atomic E-state index is 0. The van der Waals surface area contributed by atoms with Gasteiger partial charge in [0.25, 0.3) is 0 Å². The Balaban J connectivity index is 0.00000450. The van der Waals surface area contributed by atoms with Gasteiger partial charge in [-0.15, -0.1) is 15.7 Å². The van der Waals surface area contributed by atoms with E-state index >= 15 is 0 Å². The molecule has 0 radical (unpaired) electrons. The van der Waals surface area contributed by atoms with Crippen LogP contribution in [0.3, 0.4) is 0 Å². The second-order valence-corrected chi connectivity index (χ2v) is 10.9. The van der Waals surface area contributed by atoms with Gasteiger partial charge in [-0.1, -0.05) is 27.7 Å². The molecule has 0 saturated heterocycles. The van der Waals surface area contributed by atoms with Crippen molar-refractivity contribution in [3.63, 3.8) is 0 Å². The number of hydrogen-bond donors (Lipinski definition) is 3. The monoisotopic (exact) mass is 476 g/mol. The average molecular weight is 477 g/mol. The molecule has 168 valence electrons. The lowest BCUT2D eigenvalue weighted by atomic mass is 9.92. The third kappa shape index (κ3) is 6.24. The Labute approximate surface area is 188 Å². The number of amides is 2. The number of hydrogen-bond acceptors (Lipinski definition) is 5. The van der Waals surface area contributed by atoms with E-state index in [1.165, 1.54) is 18.3 Å². The van der Waals surface area contributed by atoms with Crippen molar-refractivity contribution >= 4 is 46.5 Å². The smallest absolute Gasteiger partial charge is 0.354 e. The Morgan fingerprint density at radius 2 is 1.77 bits per heavy atom. The Kier molecular flexibility index (Phi) is 8.60. The molecular weight excluding hydrogens is 447 g/mol. The fraction of sp³-hybridized carbons (Fsp3) is 0.474. The first-order chi connectivity index (χ1) is 13.2. The molecule has 1 aromatic carbocycles. The van der Waals surface area contributed by atoms with Gasteiger partial charge in [-0.05, 0) is 48.9 Å². The number of nitrogens with two attached hydrogens (primary N) is 1. The highest BCUT2D eigenvalue weighted by Gasteiger charge is 2.24. The summed E-state index contributed by atoms with van der Waals surface area (Å²) in [6.45, 7) is 10.6. The van der Waals surface area contributed by atoms with Crippen molar-refractivity contribution in [2.75, 3.05) is 5.32 Å². The number of aliphatic hydroxyl groups is 1. The molecule has 0 aliphatic heterocycles. The molecule has 1 atom stereocenters. The summed E-state index contributed by atoms with van der Waals surface area (Å²) in [4.78, 5) is 16.9. The van der Waals surface area contributed by atoms with Crippen molar-refractivity contribution < 1.29 is 18.5 Å². The van der Waals surface area contributed by atoms with Crippen LogP contribution in [0.4, 0.5) is 14.9 Å². The maximum Gasteiger partial charge on any atom is 0.354 e. The number of benzene rings is 1. The van der Waals surface area contributed by atoms with Crippen LogP contribution in [0.1, 0.15) is 69.4 Å². The van der Waals surface area contributed by atoms with Crippen LogP contribution in [0, 0.1) is 5.82 Å². The zero-order chi connectivity index (χ0) is 22.1. The van der Waals surface area contributed by atoms with E-state index in [1.807, 2.05) is 27.7 Å². The minimum Gasteiger partial charge on any atom is -0.385 e. The predicted molar refractivity (Wildman–Crippen MR) is 124 cm³/mol. The molecule has 0 spiro atoms. The van der Waals surface area contributed by atoms with Gasteiger partial charge < -0.3 is 10.4 Å². The second-order valence-electron chi connectivity index (χ2n) is 7.91. The first-order valence-electron chi connectivity index (χ1n) is 9.10. The van der Waals surface area contributed by atoms with Gasteiger partial charge in [-0.25, -0.2) is 23.5 Å². The summed E-state index contributed by atoms with van der Waals surface area (Å²) < 4.78 is 30.4. The van der Waals surface area contributed by atoms with Crippen LogP contribution in [0.5, 0.6) is 0 Å². The molecule has 7 nitrogen and oxygen atoms in total. The molecular formula is C19H29FN4O3S3. The standard InChI is InChI=1S/C19H27FN4O3S2.H2S/c1-10(2)13-7-12(20)8-14(11(3)4)16(13)23-17(25)24-29(21,27)18-22-9-15(28-18)19(5,6)26;/h7-11,26H,1-6H3,(H3,21,23,24,25,27);1H2. The summed E-state index contributed by atoms with van der Waals surface area (Å²) in [6.07, 6.45) is 1.35. The zero-order valence-electron chi connectivity index (χ0n) is 17.8. The van der Waals surface area contributed by atoms with E-state index in [-0.39, 0.29) is 29.7 Å². The molecule has 0 fully saturated rings. The zero-order valence-corrected chi connectivity index (χ0v) is 20.4. The number of carbonyl (C=O) groups is 1. The van der Waals surface area contributed by atoms with Gasteiger partial charge in [-0.2, -0.15) is 13.5 Å². The number of nitrogens with zero attached hydrogens (tertiary/aromatic N) is 2. The summed E-state index contributed by atoms with van der Waals surface area (Å²) in [6, 6.07) is 1.82. The van der Waals surface area contributed by atoms with Crippen LogP contribution < -0.4 is 10.5 Å². The maximum atomic E-state index is 14.0. The molecule has 2 aromatic rings. The highest BCUT2D eigenvalue weighted by atomic mass is 32.2. The highest BCUT2D eigenvalue weighted by Crippen LogP contribution is 2.34. The van der Waals surface area contributed by atoms with Crippen LogP contribution in [0.15, 0.2) is 27.0 Å². The Hall–Kier alpha value is -1.53. The minimum atomic E-state index is -3.61. The topological polar surface area (TPSA) is 118 Å². The van der Waals surface area contributed by atoms with Crippen molar-refractivity contribution in [1.29, 1.82) is 0 Å². The molecule has 1 heterocycles. The molecule has 2 amide bonds. The van der Waals surface area contributed by atoms with E-state index in [4.69, 9.17) is 5.14 Å². The summed E-state index contributed by atoms with van der Waals surface area (Å²) in [5.41, 5.74) is 0.482. The van der Waals surface area contributed by atoms with Gasteiger partial charge in [0.2, 0.25) is 4.34 Å². The van der Waals surface area contributed by atoms with Gasteiger partial charge in [0.1, 0.15) is 5.82 Å². The lowest BCUT2D eigenvalue weighted by molar-refractivity contribution is 0.0823. The fourth-order valence-corrected chi connectivity index (χ4v) is 4.75. The predicted octanol–water partition coefficient (Wildman–Crippen LogP) is 4.80. The van der Waals surface area contributed by atoms with E-state index in [9.17, 15) is 18.5 Å². The first-order valence-corrected chi connectivity index (χ1v) is 11.5. The van der Waals surface area contributed by atoms with Crippen molar-refractivity contribution in [1.82, 2.24) is 4.98 Å². The summed E-state index contributed by atoms with van der Waals surface area (Å²) >= 11 is 0.928. The SMILES string of the molecule is CC(C)c1cc(F)cc(C(C)C)c1NC(=O)N=S(N)(=O)c1ncc(C(C)(C)O)s1.S. The maximum absolute atomic E-state index is 14.0. The van der Waals surface area contributed by atoms with Gasteiger partial charge >= 0.3 is 6.03 Å². The number of anilines is 1. The molecule has 30 heavy (non-hydrogen) atoms. The molecule has 0 bridgehead atoms. The molecule has 0 saturated carbocycles. The van der Waals surface area contributed by atoms with E-state index < -0.39 is 27.4 Å². The number of halogens is 1. The number of aromatic nitrogens is 1. The van der Waals surface area contributed by atoms with E-state index in [2.05, 4.69) is 14.7 Å². The number of rotatable bonds is 5. The van der Waals surface area contributed by atoms with E-state index in [1.54, 1.807) is 13.8 Å². The van der Waals surface area contributed by atoms with Gasteiger partial charge in [0.15, 0.2) is 9.92 Å². The summed E-state index contributed by atoms with van der Waals surface area (Å²) in [5, 5.41) is 18.4. The van der Waals surface area contributed by atoms with Crippen LogP contribution in [0.2, 0.25) is 0 Å². The number of thiazole rings is 1. The molecule has 0 aliphatic carbocycles. The molecule has 1 unspecified atom stereocenters. The van der Waals surface area contributed by atoms with Crippen LogP contribution in [-0.4, -0.2) is 20.3 Å². The fourth-order valence-electron chi connectivity index (χ4n) is 2.67. The Morgan fingerprint density at radius 1 is 1.27 bits per heavy atom. The largest absolute Gasteiger partial charge is 0.385 e. The number of carbonyl (C=O) groups excluding carboxylic acids is 1. The normalized spacial score (nSPS) is 13.7. The third-order valence-corrected chi connectivity index (χ3v) is 7.31. The highest BCUT2D eigenvalue weighted by molar-refractivity contribution is 7.93. The number of urea groups is 1. The second kappa shape index (κ2) is 9.73. The number of nitrogens with one attached hydrogen (secondary N) is 1. The van der Waals surface area contributed by atoms with Crippen molar-refractivity contribution in [3.05, 3.63) is 40.2 Å². The first kappa shape index (κ1) is 26.5. The Bertz CT molecular complexity index is 1010. The third-order valence-electron chi connectivity index (χ3n) is 4.20. The summed E-state index contributed by atoms with van der Waals surface area (Å²) in [5.74, 6) is -0.514. The Morgan fingerprint density at radius 3 is 2.17 bits per heavy atom. The molecule has 1 aromatic heterocycles. The lowest BCUT2D eigenvalue weighted by Crippen LogP contribution is -2.19. The van der Waals surface area contributed by atoms with Crippen LogP contribution in [-0.2, 0) is 15.5 Å². The van der Waals surface area contributed by atoms with E-state index in [0.29, 0.717) is 21.7 Å². The molecule has 2 rings (SSSR count). The van der Waals surface area contributed by atoms with Crippen molar-refractivity contribution in [2.24, 2.45) is 9.50 Å². The van der Waals surface area contributed by atoms with Crippen molar-refractivity contribution in [3.8, 4) is 0 Å². The summed E-state index contributed by atoms with van der Waals surface area (Å²) in [7, 11) is -3.61.